The number of amidine groups is 1. The second-order valence-corrected chi connectivity index (χ2v) is 5.08. The molecule has 20 heavy (non-hydrogen) atoms. The van der Waals surface area contributed by atoms with Crippen LogP contribution in [-0.2, 0) is 0 Å². The fourth-order valence-electron chi connectivity index (χ4n) is 2.27. The summed E-state index contributed by atoms with van der Waals surface area (Å²) in [6, 6.07) is 21.2. The molecule has 0 unspecified atom stereocenters. The maximum Gasteiger partial charge on any atom is 0.0943 e. The minimum atomic E-state index is 0.173. The number of nitrogens with one attached hydrogen (secondary N) is 1. The normalized spacial score (nSPS) is 14.7. The highest BCUT2D eigenvalue weighted by molar-refractivity contribution is 5.80. The van der Waals surface area contributed by atoms with Crippen molar-refractivity contribution < 1.29 is 0 Å². The molecule has 0 aliphatic heterocycles. The molecule has 2 nitrogen and oxygen atoms in total. The smallest absolute Gasteiger partial charge is 0.0943 e. The fourth-order valence-corrected chi connectivity index (χ4v) is 2.27. The molecule has 0 saturated heterocycles. The van der Waals surface area contributed by atoms with E-state index in [1.54, 1.807) is 0 Å². The van der Waals surface area contributed by atoms with Crippen LogP contribution in [0.1, 0.15) is 44.0 Å². The van der Waals surface area contributed by atoms with Crippen LogP contribution in [0, 0.1) is 0 Å². The molecule has 0 aliphatic rings. The lowest BCUT2D eigenvalue weighted by atomic mass is 10.1. The van der Waals surface area contributed by atoms with Gasteiger partial charge in [-0.1, -0.05) is 60.7 Å². The van der Waals surface area contributed by atoms with E-state index in [4.69, 9.17) is 4.99 Å². The molecule has 1 N–H and O–H groups in total. The number of hydrogen-bond acceptors (Lipinski definition) is 1. The van der Waals surface area contributed by atoms with Gasteiger partial charge in [0.2, 0.25) is 0 Å². The van der Waals surface area contributed by atoms with E-state index < -0.39 is 0 Å². The summed E-state index contributed by atoms with van der Waals surface area (Å²) in [6.45, 7) is 6.30. The van der Waals surface area contributed by atoms with E-state index in [1.165, 1.54) is 11.1 Å². The zero-order valence-corrected chi connectivity index (χ0v) is 12.4. The summed E-state index contributed by atoms with van der Waals surface area (Å²) in [5, 5.41) is 3.45. The van der Waals surface area contributed by atoms with Crippen LogP contribution in [0.5, 0.6) is 0 Å². The Balaban J connectivity index is 2.01. The topological polar surface area (TPSA) is 24.4 Å². The van der Waals surface area contributed by atoms with Gasteiger partial charge in [0.15, 0.2) is 0 Å². The molecule has 0 amide bonds. The summed E-state index contributed by atoms with van der Waals surface area (Å²) >= 11 is 0. The SMILES string of the molecule is CC(=N[C@H](C)c1ccccc1)N[C@@H](C)c1ccccc1. The maximum atomic E-state index is 4.72. The van der Waals surface area contributed by atoms with Crippen LogP contribution < -0.4 is 5.32 Å². The molecule has 2 aromatic rings. The largest absolute Gasteiger partial charge is 0.368 e. The molecule has 0 heterocycles. The first-order valence-corrected chi connectivity index (χ1v) is 7.07. The van der Waals surface area contributed by atoms with Gasteiger partial charge in [0.25, 0.3) is 0 Å². The fraction of sp³-hybridized carbons (Fsp3) is 0.278. The average Bonchev–Trinajstić information content (AvgIpc) is 2.49. The van der Waals surface area contributed by atoms with Gasteiger partial charge in [0.05, 0.1) is 11.9 Å². The zero-order chi connectivity index (χ0) is 14.4. The van der Waals surface area contributed by atoms with Gasteiger partial charge in [-0.05, 0) is 31.9 Å². The Morgan fingerprint density at radius 2 is 1.35 bits per heavy atom. The maximum absolute atomic E-state index is 4.72. The highest BCUT2D eigenvalue weighted by Crippen LogP contribution is 2.17. The zero-order valence-electron chi connectivity index (χ0n) is 12.4. The Kier molecular flexibility index (Phi) is 4.94. The predicted molar refractivity (Wildman–Crippen MR) is 86.0 cm³/mol. The summed E-state index contributed by atoms with van der Waals surface area (Å²) in [5.74, 6) is 0.970. The molecule has 0 spiro atoms. The first-order valence-electron chi connectivity index (χ1n) is 7.07. The van der Waals surface area contributed by atoms with E-state index >= 15 is 0 Å². The van der Waals surface area contributed by atoms with Crippen molar-refractivity contribution in [3.8, 4) is 0 Å². The molecule has 0 fully saturated rings. The Morgan fingerprint density at radius 3 is 1.90 bits per heavy atom. The molecular weight excluding hydrogens is 244 g/mol. The van der Waals surface area contributed by atoms with Gasteiger partial charge in [-0.2, -0.15) is 0 Å². The molecule has 0 bridgehead atoms. The summed E-state index contributed by atoms with van der Waals surface area (Å²) in [4.78, 5) is 4.72. The summed E-state index contributed by atoms with van der Waals surface area (Å²) in [7, 11) is 0. The first kappa shape index (κ1) is 14.3. The van der Waals surface area contributed by atoms with Crippen molar-refractivity contribution in [1.29, 1.82) is 0 Å². The number of nitrogens with zero attached hydrogens (tertiary/aromatic N) is 1. The Labute approximate surface area is 121 Å². The van der Waals surface area contributed by atoms with Gasteiger partial charge in [-0.25, -0.2) is 0 Å². The van der Waals surface area contributed by atoms with Crippen LogP contribution in [-0.4, -0.2) is 5.84 Å². The number of benzene rings is 2. The molecule has 0 aliphatic carbocycles. The van der Waals surface area contributed by atoms with E-state index in [1.807, 2.05) is 19.1 Å². The third-order valence-electron chi connectivity index (χ3n) is 3.39. The van der Waals surface area contributed by atoms with Gasteiger partial charge in [-0.3, -0.25) is 4.99 Å². The van der Waals surface area contributed by atoms with Gasteiger partial charge in [0, 0.05) is 6.04 Å². The molecular formula is C18H22N2. The Morgan fingerprint density at radius 1 is 0.850 bits per heavy atom. The average molecular weight is 266 g/mol. The number of rotatable bonds is 4. The summed E-state index contributed by atoms with van der Waals surface area (Å²) in [5.41, 5.74) is 2.51. The predicted octanol–water partition coefficient (Wildman–Crippen LogP) is 4.52. The van der Waals surface area contributed by atoms with Crippen molar-refractivity contribution in [1.82, 2.24) is 5.32 Å². The lowest BCUT2D eigenvalue weighted by Crippen LogP contribution is -2.24. The molecule has 2 heteroatoms. The third-order valence-corrected chi connectivity index (χ3v) is 3.39. The van der Waals surface area contributed by atoms with Crippen LogP contribution in [0.25, 0.3) is 0 Å². The summed E-state index contributed by atoms with van der Waals surface area (Å²) < 4.78 is 0. The monoisotopic (exact) mass is 266 g/mol. The second kappa shape index (κ2) is 6.90. The van der Waals surface area contributed by atoms with Crippen LogP contribution in [0.4, 0.5) is 0 Å². The minimum absolute atomic E-state index is 0.173. The van der Waals surface area contributed by atoms with E-state index in [0.717, 1.165) is 5.84 Å². The molecule has 2 aromatic carbocycles. The van der Waals surface area contributed by atoms with E-state index in [0.29, 0.717) is 0 Å². The number of aliphatic imine (C=N–C) groups is 1. The quantitative estimate of drug-likeness (QED) is 0.638. The summed E-state index contributed by atoms with van der Waals surface area (Å²) in [6.07, 6.45) is 0. The van der Waals surface area contributed by atoms with E-state index in [2.05, 4.69) is 67.7 Å². The van der Waals surface area contributed by atoms with Crippen LogP contribution >= 0.6 is 0 Å². The van der Waals surface area contributed by atoms with E-state index in [-0.39, 0.29) is 12.1 Å². The Bertz CT molecular complexity index is 546. The molecule has 0 radical (unpaired) electrons. The van der Waals surface area contributed by atoms with Crippen molar-refractivity contribution in [3.05, 3.63) is 71.8 Å². The molecule has 0 aromatic heterocycles. The van der Waals surface area contributed by atoms with Crippen molar-refractivity contribution in [2.24, 2.45) is 4.99 Å². The molecule has 2 rings (SSSR count). The van der Waals surface area contributed by atoms with Gasteiger partial charge in [0.1, 0.15) is 0 Å². The van der Waals surface area contributed by atoms with E-state index in [9.17, 15) is 0 Å². The Hall–Kier alpha value is -2.09. The van der Waals surface area contributed by atoms with Gasteiger partial charge in [-0.15, -0.1) is 0 Å². The minimum Gasteiger partial charge on any atom is -0.368 e. The van der Waals surface area contributed by atoms with Gasteiger partial charge >= 0.3 is 0 Å². The van der Waals surface area contributed by atoms with Crippen molar-refractivity contribution in [2.45, 2.75) is 32.9 Å². The second-order valence-electron chi connectivity index (χ2n) is 5.08. The third kappa shape index (κ3) is 3.95. The van der Waals surface area contributed by atoms with Crippen LogP contribution in [0.3, 0.4) is 0 Å². The first-order chi connectivity index (χ1) is 9.66. The standard InChI is InChI=1S/C18H22N2/c1-14(17-10-6-4-7-11-17)19-16(3)20-15(2)18-12-8-5-9-13-18/h4-15H,1-3H3,(H,19,20)/t14-,15+. The molecule has 0 saturated carbocycles. The van der Waals surface area contributed by atoms with Crippen molar-refractivity contribution in [3.63, 3.8) is 0 Å². The lowest BCUT2D eigenvalue weighted by molar-refractivity contribution is 0.699. The lowest BCUT2D eigenvalue weighted by Gasteiger charge is -2.17. The van der Waals surface area contributed by atoms with Crippen molar-refractivity contribution >= 4 is 5.84 Å². The van der Waals surface area contributed by atoms with Crippen LogP contribution in [0.15, 0.2) is 65.7 Å². The highest BCUT2D eigenvalue weighted by atomic mass is 15.0. The molecule has 2 atom stereocenters. The van der Waals surface area contributed by atoms with Crippen molar-refractivity contribution in [2.75, 3.05) is 0 Å². The highest BCUT2D eigenvalue weighted by Gasteiger charge is 2.07. The molecule has 104 valence electrons. The van der Waals surface area contributed by atoms with Crippen LogP contribution in [0.2, 0.25) is 0 Å². The van der Waals surface area contributed by atoms with Gasteiger partial charge < -0.3 is 5.32 Å². The number of hydrogen-bond donors (Lipinski definition) is 1.